The van der Waals surface area contributed by atoms with Crippen LogP contribution >= 0.6 is 11.6 Å². The van der Waals surface area contributed by atoms with Gasteiger partial charge in [-0.2, -0.15) is 0 Å². The zero-order chi connectivity index (χ0) is 20.6. The van der Waals surface area contributed by atoms with Crippen LogP contribution in [0.4, 0.5) is 11.4 Å². The van der Waals surface area contributed by atoms with Crippen molar-refractivity contribution in [2.45, 2.75) is 13.0 Å². The largest absolute Gasteiger partial charge is 0.376 e. The molecule has 0 aliphatic rings. The first kappa shape index (κ1) is 20.4. The smallest absolute Gasteiger partial charge is 0.251 e. The van der Waals surface area contributed by atoms with E-state index in [0.717, 1.165) is 11.3 Å². The van der Waals surface area contributed by atoms with E-state index in [1.54, 1.807) is 48.5 Å². The van der Waals surface area contributed by atoms with E-state index < -0.39 is 0 Å². The van der Waals surface area contributed by atoms with Crippen molar-refractivity contribution in [1.29, 1.82) is 0 Å². The second kappa shape index (κ2) is 9.75. The Bertz CT molecular complexity index is 975. The van der Waals surface area contributed by atoms with E-state index >= 15 is 0 Å². The molecule has 0 saturated carbocycles. The van der Waals surface area contributed by atoms with Gasteiger partial charge in [0, 0.05) is 22.0 Å². The summed E-state index contributed by atoms with van der Waals surface area (Å²) in [4.78, 5) is 24.8. The van der Waals surface area contributed by atoms with Crippen molar-refractivity contribution < 1.29 is 9.59 Å². The highest BCUT2D eigenvalue weighted by Gasteiger charge is 2.12. The van der Waals surface area contributed by atoms with Crippen molar-refractivity contribution in [2.75, 3.05) is 17.2 Å². The van der Waals surface area contributed by atoms with E-state index in [0.29, 0.717) is 16.3 Å². The Hall–Kier alpha value is -3.31. The van der Waals surface area contributed by atoms with E-state index in [-0.39, 0.29) is 24.4 Å². The molecular weight excluding hydrogens is 386 g/mol. The maximum absolute atomic E-state index is 12.6. The Balaban J connectivity index is 1.56. The standard InChI is InChI=1S/C23H22ClN3O2/c1-16(17-6-3-2-4-7-17)26-23(29)18-8-5-9-21(14-18)27-22(28)15-25-20-12-10-19(24)11-13-20/h2-14,16,25H,15H2,1H3,(H,26,29)(H,27,28). The SMILES string of the molecule is CC(NC(=O)c1cccc(NC(=O)CNc2ccc(Cl)cc2)c1)c1ccccc1. The van der Waals surface area contributed by atoms with Gasteiger partial charge < -0.3 is 16.0 Å². The molecule has 1 unspecified atom stereocenters. The first-order valence-electron chi connectivity index (χ1n) is 9.26. The van der Waals surface area contributed by atoms with Crippen LogP contribution < -0.4 is 16.0 Å². The predicted molar refractivity (Wildman–Crippen MR) is 117 cm³/mol. The van der Waals surface area contributed by atoms with Crippen molar-refractivity contribution in [3.63, 3.8) is 0 Å². The summed E-state index contributed by atoms with van der Waals surface area (Å²) >= 11 is 5.85. The molecule has 0 saturated heterocycles. The average molecular weight is 408 g/mol. The summed E-state index contributed by atoms with van der Waals surface area (Å²) in [5.74, 6) is -0.410. The molecule has 0 heterocycles. The molecule has 0 aromatic heterocycles. The Morgan fingerprint density at radius 2 is 1.62 bits per heavy atom. The zero-order valence-electron chi connectivity index (χ0n) is 16.0. The summed E-state index contributed by atoms with van der Waals surface area (Å²) in [6.07, 6.45) is 0. The Morgan fingerprint density at radius 1 is 0.897 bits per heavy atom. The highest BCUT2D eigenvalue weighted by Crippen LogP contribution is 2.16. The lowest BCUT2D eigenvalue weighted by atomic mass is 10.1. The minimum absolute atomic E-state index is 0.100. The maximum Gasteiger partial charge on any atom is 0.251 e. The summed E-state index contributed by atoms with van der Waals surface area (Å²) < 4.78 is 0. The van der Waals surface area contributed by atoms with Crippen LogP contribution in [0.2, 0.25) is 5.02 Å². The summed E-state index contributed by atoms with van der Waals surface area (Å²) in [7, 11) is 0. The molecule has 3 rings (SSSR count). The van der Waals surface area contributed by atoms with Crippen LogP contribution in [0, 0.1) is 0 Å². The van der Waals surface area contributed by atoms with Crippen LogP contribution in [0.1, 0.15) is 28.9 Å². The third-order valence-electron chi connectivity index (χ3n) is 4.35. The molecule has 0 spiro atoms. The number of hydrogen-bond acceptors (Lipinski definition) is 3. The number of halogens is 1. The topological polar surface area (TPSA) is 70.2 Å². The first-order chi connectivity index (χ1) is 14.0. The van der Waals surface area contributed by atoms with E-state index in [4.69, 9.17) is 11.6 Å². The van der Waals surface area contributed by atoms with Crippen LogP contribution in [-0.4, -0.2) is 18.4 Å². The molecule has 0 aliphatic heterocycles. The summed E-state index contributed by atoms with van der Waals surface area (Å²) in [5, 5.41) is 9.43. The molecule has 2 amide bonds. The lowest BCUT2D eigenvalue weighted by molar-refractivity contribution is -0.114. The third-order valence-corrected chi connectivity index (χ3v) is 4.60. The van der Waals surface area contributed by atoms with Crippen LogP contribution in [0.3, 0.4) is 0 Å². The molecule has 3 N–H and O–H groups in total. The molecular formula is C23H22ClN3O2. The number of carbonyl (C=O) groups is 2. The molecule has 0 radical (unpaired) electrons. The van der Waals surface area contributed by atoms with Crippen molar-refractivity contribution in [2.24, 2.45) is 0 Å². The van der Waals surface area contributed by atoms with Crippen LogP contribution in [0.15, 0.2) is 78.9 Å². The van der Waals surface area contributed by atoms with Gasteiger partial charge in [0.05, 0.1) is 12.6 Å². The van der Waals surface area contributed by atoms with Gasteiger partial charge in [0.25, 0.3) is 5.91 Å². The fourth-order valence-corrected chi connectivity index (χ4v) is 2.92. The lowest BCUT2D eigenvalue weighted by Gasteiger charge is -2.15. The van der Waals surface area contributed by atoms with Crippen molar-refractivity contribution in [3.05, 3.63) is 95.0 Å². The van der Waals surface area contributed by atoms with Gasteiger partial charge in [0.2, 0.25) is 5.91 Å². The number of anilines is 2. The first-order valence-corrected chi connectivity index (χ1v) is 9.64. The normalized spacial score (nSPS) is 11.4. The van der Waals surface area contributed by atoms with Crippen LogP contribution in [0.5, 0.6) is 0 Å². The molecule has 5 nitrogen and oxygen atoms in total. The molecule has 0 fully saturated rings. The number of carbonyl (C=O) groups excluding carboxylic acids is 2. The summed E-state index contributed by atoms with van der Waals surface area (Å²) in [6.45, 7) is 2.03. The number of rotatable bonds is 7. The summed E-state index contributed by atoms with van der Waals surface area (Å²) in [6, 6.07) is 23.6. The zero-order valence-corrected chi connectivity index (χ0v) is 16.7. The Morgan fingerprint density at radius 3 is 2.34 bits per heavy atom. The molecule has 6 heteroatoms. The van der Waals surface area contributed by atoms with Gasteiger partial charge in [-0.1, -0.05) is 48.0 Å². The van der Waals surface area contributed by atoms with Crippen molar-refractivity contribution >= 4 is 34.8 Å². The average Bonchev–Trinajstić information content (AvgIpc) is 2.74. The second-order valence-corrected chi connectivity index (χ2v) is 7.03. The molecule has 29 heavy (non-hydrogen) atoms. The van der Waals surface area contributed by atoms with Crippen molar-refractivity contribution in [1.82, 2.24) is 5.32 Å². The highest BCUT2D eigenvalue weighted by molar-refractivity contribution is 6.30. The van der Waals surface area contributed by atoms with E-state index in [1.165, 1.54) is 0 Å². The van der Waals surface area contributed by atoms with Gasteiger partial charge >= 0.3 is 0 Å². The quantitative estimate of drug-likeness (QED) is 0.522. The Labute approximate surface area is 175 Å². The Kier molecular flexibility index (Phi) is 6.87. The number of nitrogens with one attached hydrogen (secondary N) is 3. The minimum atomic E-state index is -0.213. The number of hydrogen-bond donors (Lipinski definition) is 3. The highest BCUT2D eigenvalue weighted by atomic mass is 35.5. The lowest BCUT2D eigenvalue weighted by Crippen LogP contribution is -2.27. The van der Waals surface area contributed by atoms with Gasteiger partial charge in [0.1, 0.15) is 0 Å². The fourth-order valence-electron chi connectivity index (χ4n) is 2.80. The monoisotopic (exact) mass is 407 g/mol. The predicted octanol–water partition coefficient (Wildman–Crippen LogP) is 4.88. The molecule has 3 aromatic rings. The number of amides is 2. The number of benzene rings is 3. The minimum Gasteiger partial charge on any atom is -0.376 e. The van der Waals surface area contributed by atoms with Gasteiger partial charge in [-0.15, -0.1) is 0 Å². The van der Waals surface area contributed by atoms with E-state index in [9.17, 15) is 9.59 Å². The van der Waals surface area contributed by atoms with Crippen LogP contribution in [-0.2, 0) is 4.79 Å². The van der Waals surface area contributed by atoms with Gasteiger partial charge in [-0.05, 0) is 55.0 Å². The molecule has 1 atom stereocenters. The van der Waals surface area contributed by atoms with Crippen molar-refractivity contribution in [3.8, 4) is 0 Å². The van der Waals surface area contributed by atoms with E-state index in [1.807, 2.05) is 37.3 Å². The third kappa shape index (κ3) is 6.09. The molecule has 148 valence electrons. The second-order valence-electron chi connectivity index (χ2n) is 6.60. The van der Waals surface area contributed by atoms with E-state index in [2.05, 4.69) is 16.0 Å². The van der Waals surface area contributed by atoms with Crippen LogP contribution in [0.25, 0.3) is 0 Å². The molecule has 0 aliphatic carbocycles. The van der Waals surface area contributed by atoms with Gasteiger partial charge in [-0.3, -0.25) is 9.59 Å². The fraction of sp³-hybridized carbons (Fsp3) is 0.130. The maximum atomic E-state index is 12.6. The van der Waals surface area contributed by atoms with Gasteiger partial charge in [0.15, 0.2) is 0 Å². The molecule has 3 aromatic carbocycles. The summed E-state index contributed by atoms with van der Waals surface area (Å²) in [5.41, 5.74) is 2.87. The van der Waals surface area contributed by atoms with Gasteiger partial charge in [-0.25, -0.2) is 0 Å². The molecule has 0 bridgehead atoms.